The summed E-state index contributed by atoms with van der Waals surface area (Å²) in [5, 5.41) is 0.118. The Morgan fingerprint density at radius 2 is 1.82 bits per heavy atom. The Labute approximate surface area is 134 Å². The molecule has 4 heteroatoms. The Kier molecular flexibility index (Phi) is 5.81. The highest BCUT2D eigenvalue weighted by Crippen LogP contribution is 2.38. The minimum Gasteiger partial charge on any atom is -0.543 e. The second-order valence-electron chi connectivity index (χ2n) is 6.84. The van der Waals surface area contributed by atoms with E-state index in [0.717, 1.165) is 11.3 Å². The lowest BCUT2D eigenvalue weighted by atomic mass is 10.1. The third-order valence-electron chi connectivity index (χ3n) is 4.12. The first kappa shape index (κ1) is 18.3. The van der Waals surface area contributed by atoms with Gasteiger partial charge in [-0.3, -0.25) is 0 Å². The second-order valence-corrected chi connectivity index (χ2v) is 11.6. The number of methoxy groups -OCH3 is 1. The molecule has 0 bridgehead atoms. The molecule has 22 heavy (non-hydrogen) atoms. The largest absolute Gasteiger partial charge is 0.543 e. The molecule has 0 spiro atoms. The van der Waals surface area contributed by atoms with Crippen LogP contribution < -0.4 is 4.43 Å². The average molecular weight is 318 g/mol. The summed E-state index contributed by atoms with van der Waals surface area (Å²) in [5.74, 6) is 3.19. The van der Waals surface area contributed by atoms with E-state index in [0.29, 0.717) is 11.3 Å². The molecule has 0 fully saturated rings. The van der Waals surface area contributed by atoms with Gasteiger partial charge < -0.3 is 9.16 Å². The van der Waals surface area contributed by atoms with Crippen molar-refractivity contribution in [2.45, 2.75) is 45.8 Å². The van der Waals surface area contributed by atoms with E-state index in [1.807, 2.05) is 36.3 Å². The number of carbonyl (C=O) groups excluding carboxylic acids is 1. The number of rotatable bonds is 5. The van der Waals surface area contributed by atoms with Crippen LogP contribution in [0.5, 0.6) is 5.75 Å². The highest BCUT2D eigenvalue weighted by Gasteiger charge is 2.39. The molecule has 0 heterocycles. The molecule has 0 amide bonds. The fourth-order valence-electron chi connectivity index (χ4n) is 1.63. The van der Waals surface area contributed by atoms with Gasteiger partial charge in [-0.2, -0.15) is 0 Å². The topological polar surface area (TPSA) is 35.5 Å². The van der Waals surface area contributed by atoms with Crippen molar-refractivity contribution >= 4 is 20.3 Å². The van der Waals surface area contributed by atoms with Crippen molar-refractivity contribution in [3.63, 3.8) is 0 Å². The molecular weight excluding hydrogens is 292 g/mol. The maximum atomic E-state index is 10.8. The summed E-state index contributed by atoms with van der Waals surface area (Å²) in [5.41, 5.74) is 1.34. The van der Waals surface area contributed by atoms with Crippen LogP contribution in [0, 0.1) is 0 Å². The van der Waals surface area contributed by atoms with Gasteiger partial charge in [0.15, 0.2) is 0 Å². The van der Waals surface area contributed by atoms with E-state index in [1.165, 1.54) is 0 Å². The van der Waals surface area contributed by atoms with Gasteiger partial charge in [0.1, 0.15) is 17.5 Å². The van der Waals surface area contributed by atoms with Crippen LogP contribution in [0.3, 0.4) is 0 Å². The van der Waals surface area contributed by atoms with E-state index < -0.39 is 8.32 Å². The second kappa shape index (κ2) is 6.99. The highest BCUT2D eigenvalue weighted by atomic mass is 28.4. The summed E-state index contributed by atoms with van der Waals surface area (Å²) in [6, 6.07) is 7.81. The van der Waals surface area contributed by atoms with Crippen LogP contribution in [-0.2, 0) is 9.53 Å². The Morgan fingerprint density at radius 1 is 1.23 bits per heavy atom. The van der Waals surface area contributed by atoms with Crippen molar-refractivity contribution in [3.05, 3.63) is 41.2 Å². The minimum absolute atomic E-state index is 0.118. The summed E-state index contributed by atoms with van der Waals surface area (Å²) in [6.45, 7) is 12.7. The molecule has 1 rings (SSSR count). The van der Waals surface area contributed by atoms with Gasteiger partial charge in [-0.15, -0.1) is 0 Å². The van der Waals surface area contributed by atoms with E-state index in [2.05, 4.69) is 33.9 Å². The maximum Gasteiger partial charge on any atom is 0.250 e. The molecule has 3 nitrogen and oxygen atoms in total. The van der Waals surface area contributed by atoms with Crippen molar-refractivity contribution in [2.24, 2.45) is 0 Å². The Hall–Kier alpha value is -1.77. The van der Waals surface area contributed by atoms with Gasteiger partial charge in [0.2, 0.25) is 0 Å². The summed E-state index contributed by atoms with van der Waals surface area (Å²) in [6.07, 6.45) is 1.82. The van der Waals surface area contributed by atoms with Crippen molar-refractivity contribution in [3.8, 4) is 5.75 Å². The fourth-order valence-corrected chi connectivity index (χ4v) is 2.67. The van der Waals surface area contributed by atoms with Crippen molar-refractivity contribution in [1.82, 2.24) is 0 Å². The number of hydrogen-bond donors (Lipinski definition) is 0. The van der Waals surface area contributed by atoms with Gasteiger partial charge in [0, 0.05) is 5.56 Å². The van der Waals surface area contributed by atoms with Gasteiger partial charge >= 0.3 is 0 Å². The molecule has 0 aliphatic rings. The Balaban J connectivity index is 3.26. The van der Waals surface area contributed by atoms with Gasteiger partial charge in [0.05, 0.1) is 12.7 Å². The van der Waals surface area contributed by atoms with Crippen LogP contribution in [0.2, 0.25) is 18.1 Å². The van der Waals surface area contributed by atoms with Crippen LogP contribution >= 0.6 is 0 Å². The zero-order valence-electron chi connectivity index (χ0n) is 14.6. The molecule has 120 valence electrons. The van der Waals surface area contributed by atoms with Crippen molar-refractivity contribution in [2.75, 3.05) is 7.11 Å². The quantitative estimate of drug-likeness (QED) is 0.337. The third-order valence-corrected chi connectivity index (χ3v) is 8.46. The van der Waals surface area contributed by atoms with Gasteiger partial charge in [-0.05, 0) is 37.2 Å². The SMILES string of the molecule is CO/C(=C/c1ccccc1O[Si](C)(C)C(C)(C)C)C(C)=C=O. The van der Waals surface area contributed by atoms with E-state index in [1.54, 1.807) is 14.0 Å². The van der Waals surface area contributed by atoms with Crippen LogP contribution in [0.1, 0.15) is 33.3 Å². The van der Waals surface area contributed by atoms with Crippen molar-refractivity contribution in [1.29, 1.82) is 0 Å². The molecule has 1 aromatic carbocycles. The number of ether oxygens (including phenoxy) is 1. The van der Waals surface area contributed by atoms with Crippen LogP contribution in [0.25, 0.3) is 6.08 Å². The fraction of sp³-hybridized carbons (Fsp3) is 0.444. The molecule has 0 saturated heterocycles. The first-order valence-electron chi connectivity index (χ1n) is 7.38. The molecule has 1 aromatic rings. The highest BCUT2D eigenvalue weighted by molar-refractivity contribution is 6.74. The number of benzene rings is 1. The van der Waals surface area contributed by atoms with Crippen molar-refractivity contribution < 1.29 is 14.0 Å². The molecule has 0 saturated carbocycles. The molecule has 0 radical (unpaired) electrons. The lowest BCUT2D eigenvalue weighted by Gasteiger charge is -2.36. The molecule has 0 N–H and O–H groups in total. The molecule has 0 aromatic heterocycles. The first-order valence-corrected chi connectivity index (χ1v) is 10.3. The molecule has 0 aliphatic carbocycles. The summed E-state index contributed by atoms with van der Waals surface area (Å²) in [4.78, 5) is 10.8. The van der Waals surface area contributed by atoms with Crippen LogP contribution in [0.4, 0.5) is 0 Å². The number of allylic oxidation sites excluding steroid dienone is 1. The number of hydrogen-bond acceptors (Lipinski definition) is 3. The first-order chi connectivity index (χ1) is 10.1. The van der Waals surface area contributed by atoms with E-state index >= 15 is 0 Å². The van der Waals surface area contributed by atoms with Gasteiger partial charge in [-0.1, -0.05) is 39.0 Å². The number of para-hydroxylation sites is 1. The normalized spacial score (nSPS) is 12.6. The van der Waals surface area contributed by atoms with E-state index in [9.17, 15) is 4.79 Å². The zero-order chi connectivity index (χ0) is 17.0. The standard InChI is InChI=1S/C18H26O3Si/c1-14(13-19)17(20-5)12-15-10-8-9-11-16(15)21-22(6,7)18(2,3)4/h8-12H,1-7H3/b17-12+. The summed E-state index contributed by atoms with van der Waals surface area (Å²) >= 11 is 0. The minimum atomic E-state index is -1.93. The lowest BCUT2D eigenvalue weighted by molar-refractivity contribution is 0.305. The van der Waals surface area contributed by atoms with Gasteiger partial charge in [0.25, 0.3) is 8.32 Å². The lowest BCUT2D eigenvalue weighted by Crippen LogP contribution is -2.44. The predicted octanol–water partition coefficient (Wildman–Crippen LogP) is 4.84. The Bertz CT molecular complexity index is 603. The third kappa shape index (κ3) is 4.36. The van der Waals surface area contributed by atoms with E-state index in [-0.39, 0.29) is 5.04 Å². The van der Waals surface area contributed by atoms with Gasteiger partial charge in [-0.25, -0.2) is 4.79 Å². The average Bonchev–Trinajstić information content (AvgIpc) is 2.44. The van der Waals surface area contributed by atoms with Crippen LogP contribution in [0.15, 0.2) is 35.6 Å². The monoisotopic (exact) mass is 318 g/mol. The maximum absolute atomic E-state index is 10.8. The zero-order valence-corrected chi connectivity index (χ0v) is 15.6. The summed E-state index contributed by atoms with van der Waals surface area (Å²) in [7, 11) is -0.382. The summed E-state index contributed by atoms with van der Waals surface area (Å²) < 4.78 is 11.7. The molecule has 0 atom stereocenters. The van der Waals surface area contributed by atoms with E-state index in [4.69, 9.17) is 9.16 Å². The predicted molar refractivity (Wildman–Crippen MR) is 94.1 cm³/mol. The van der Waals surface area contributed by atoms with Crippen LogP contribution in [-0.4, -0.2) is 21.4 Å². The smallest absolute Gasteiger partial charge is 0.250 e. The Morgan fingerprint density at radius 3 is 2.32 bits per heavy atom. The molecule has 0 unspecified atom stereocenters. The molecular formula is C18H26O3Si. The molecule has 0 aliphatic heterocycles.